The summed E-state index contributed by atoms with van der Waals surface area (Å²) in [6.45, 7) is 15.9. The van der Waals surface area contributed by atoms with E-state index >= 15 is 0 Å². The Hall–Kier alpha value is -1.81. The lowest BCUT2D eigenvalue weighted by molar-refractivity contribution is 0.767. The highest BCUT2D eigenvalue weighted by Gasteiger charge is 1.90. The molecule has 1 aromatic carbocycles. The molecule has 0 N–H and O–H groups in total. The van der Waals surface area contributed by atoms with E-state index in [9.17, 15) is 0 Å². The summed E-state index contributed by atoms with van der Waals surface area (Å²) in [6, 6.07) is 9.54. The Labute approximate surface area is 119 Å². The Morgan fingerprint density at radius 3 is 1.84 bits per heavy atom. The van der Waals surface area contributed by atoms with Crippen molar-refractivity contribution in [3.8, 4) is 6.07 Å². The van der Waals surface area contributed by atoms with Gasteiger partial charge in [0.05, 0.1) is 11.6 Å². The van der Waals surface area contributed by atoms with Gasteiger partial charge in [-0.1, -0.05) is 49.3 Å². The molecule has 0 radical (unpaired) electrons. The van der Waals surface area contributed by atoms with Gasteiger partial charge >= 0.3 is 0 Å². The molecule has 19 heavy (non-hydrogen) atoms. The first-order valence-corrected chi connectivity index (χ1v) is 6.59. The van der Waals surface area contributed by atoms with Crippen LogP contribution in [0.25, 0.3) is 0 Å². The van der Waals surface area contributed by atoms with Gasteiger partial charge in [-0.25, -0.2) is 0 Å². The van der Waals surface area contributed by atoms with Crippen LogP contribution in [0.2, 0.25) is 0 Å². The Bertz CT molecular complexity index is 402. The molecule has 1 rings (SSSR count). The maximum absolute atomic E-state index is 8.38. The van der Waals surface area contributed by atoms with Crippen molar-refractivity contribution < 1.29 is 0 Å². The molecule has 0 spiro atoms. The second kappa shape index (κ2) is 12.6. The first kappa shape index (κ1) is 19.5. The molecular formula is C18H27N. The number of benzene rings is 1. The lowest BCUT2D eigenvalue weighted by Crippen LogP contribution is -1.85. The highest BCUT2D eigenvalue weighted by atomic mass is 14.2. The van der Waals surface area contributed by atoms with Crippen molar-refractivity contribution in [1.29, 1.82) is 5.26 Å². The molecule has 0 fully saturated rings. The van der Waals surface area contributed by atoms with Crippen LogP contribution in [0.5, 0.6) is 0 Å². The number of nitriles is 1. The maximum Gasteiger partial charge on any atom is 0.0991 e. The summed E-state index contributed by atoms with van der Waals surface area (Å²) in [4.78, 5) is 0. The number of hydrogen-bond acceptors (Lipinski definition) is 1. The van der Waals surface area contributed by atoms with Crippen LogP contribution >= 0.6 is 0 Å². The minimum Gasteiger partial charge on any atom is -0.192 e. The smallest absolute Gasteiger partial charge is 0.0991 e. The molecule has 0 saturated carbocycles. The van der Waals surface area contributed by atoms with Crippen molar-refractivity contribution in [2.75, 3.05) is 0 Å². The van der Waals surface area contributed by atoms with Crippen LogP contribution in [0.1, 0.15) is 45.7 Å². The molecule has 0 aliphatic carbocycles. The fourth-order valence-electron chi connectivity index (χ4n) is 0.961. The van der Waals surface area contributed by atoms with Crippen LogP contribution in [0.4, 0.5) is 0 Å². The van der Waals surface area contributed by atoms with Crippen LogP contribution in [0.3, 0.4) is 0 Å². The van der Waals surface area contributed by atoms with Gasteiger partial charge in [0.2, 0.25) is 0 Å². The van der Waals surface area contributed by atoms with E-state index in [1.807, 2.05) is 38.1 Å². The summed E-state index contributed by atoms with van der Waals surface area (Å²) >= 11 is 0. The third kappa shape index (κ3) is 12.4. The summed E-state index contributed by atoms with van der Waals surface area (Å²) in [6.07, 6.45) is 3.91. The number of nitrogens with zero attached hydrogens (tertiary/aromatic N) is 1. The van der Waals surface area contributed by atoms with Gasteiger partial charge in [-0.3, -0.25) is 0 Å². The minimum absolute atomic E-state index is 0.723. The zero-order valence-corrected chi connectivity index (χ0v) is 13.2. The summed E-state index contributed by atoms with van der Waals surface area (Å²) in [5, 5.41) is 8.38. The third-order valence-corrected chi connectivity index (χ3v) is 2.55. The molecule has 0 unspecified atom stereocenters. The topological polar surface area (TPSA) is 23.8 Å². The maximum atomic E-state index is 8.38. The molecule has 104 valence electrons. The predicted molar refractivity (Wildman–Crippen MR) is 86.0 cm³/mol. The van der Waals surface area contributed by atoms with Gasteiger partial charge in [0.15, 0.2) is 0 Å². The van der Waals surface area contributed by atoms with E-state index in [2.05, 4.69) is 46.4 Å². The lowest BCUT2D eigenvalue weighted by Gasteiger charge is -2.00. The van der Waals surface area contributed by atoms with Crippen molar-refractivity contribution in [2.45, 2.75) is 41.5 Å². The highest BCUT2D eigenvalue weighted by molar-refractivity contribution is 5.30. The van der Waals surface area contributed by atoms with E-state index in [1.165, 1.54) is 11.1 Å². The lowest BCUT2D eigenvalue weighted by atomic mass is 10.1. The summed E-state index contributed by atoms with van der Waals surface area (Å²) in [5.41, 5.74) is 3.38. The monoisotopic (exact) mass is 257 g/mol. The van der Waals surface area contributed by atoms with Gasteiger partial charge in [0.1, 0.15) is 0 Å². The molecule has 0 heterocycles. The number of hydrogen-bond donors (Lipinski definition) is 0. The molecular weight excluding hydrogens is 230 g/mol. The summed E-state index contributed by atoms with van der Waals surface area (Å²) in [7, 11) is 0. The molecule has 1 aromatic rings. The fourth-order valence-corrected chi connectivity index (χ4v) is 0.961. The van der Waals surface area contributed by atoms with Gasteiger partial charge < -0.3 is 0 Å². The van der Waals surface area contributed by atoms with Crippen molar-refractivity contribution in [3.05, 3.63) is 59.7 Å². The van der Waals surface area contributed by atoms with E-state index in [1.54, 1.807) is 6.08 Å². The van der Waals surface area contributed by atoms with Crippen molar-refractivity contribution in [3.63, 3.8) is 0 Å². The normalized spacial score (nSPS) is 9.47. The van der Waals surface area contributed by atoms with E-state index in [0.717, 1.165) is 11.5 Å². The Balaban J connectivity index is 0. The van der Waals surface area contributed by atoms with Crippen LogP contribution in [0.15, 0.2) is 48.6 Å². The van der Waals surface area contributed by atoms with Crippen molar-refractivity contribution in [1.82, 2.24) is 0 Å². The first-order valence-electron chi connectivity index (χ1n) is 6.59. The number of allylic oxidation sites excluding steroid dienone is 3. The largest absolute Gasteiger partial charge is 0.192 e. The molecule has 0 amide bonds. The van der Waals surface area contributed by atoms with Gasteiger partial charge in [-0.05, 0) is 45.7 Å². The highest BCUT2D eigenvalue weighted by Crippen LogP contribution is 2.05. The van der Waals surface area contributed by atoms with Crippen LogP contribution in [0, 0.1) is 24.2 Å². The average molecular weight is 257 g/mol. The average Bonchev–Trinajstić information content (AvgIpc) is 2.40. The van der Waals surface area contributed by atoms with E-state index < -0.39 is 0 Å². The molecule has 0 aromatic heterocycles. The zero-order valence-electron chi connectivity index (χ0n) is 13.2. The van der Waals surface area contributed by atoms with Crippen molar-refractivity contribution in [2.24, 2.45) is 5.92 Å². The summed E-state index contributed by atoms with van der Waals surface area (Å²) < 4.78 is 0. The van der Waals surface area contributed by atoms with E-state index in [4.69, 9.17) is 5.26 Å². The predicted octanol–water partition coefficient (Wildman–Crippen LogP) is 5.67. The second-order valence-electron chi connectivity index (χ2n) is 4.57. The summed E-state index contributed by atoms with van der Waals surface area (Å²) in [5.74, 6) is 0.727. The van der Waals surface area contributed by atoms with Gasteiger partial charge in [-0.2, -0.15) is 5.26 Å². The van der Waals surface area contributed by atoms with Gasteiger partial charge in [0, 0.05) is 0 Å². The van der Waals surface area contributed by atoms with Crippen molar-refractivity contribution >= 4 is 0 Å². The number of rotatable bonds is 1. The Kier molecular flexibility index (Phi) is 13.0. The molecule has 0 saturated heterocycles. The van der Waals surface area contributed by atoms with Gasteiger partial charge in [0.25, 0.3) is 0 Å². The molecule has 1 nitrogen and oxygen atoms in total. The van der Waals surface area contributed by atoms with Crippen LogP contribution in [-0.2, 0) is 0 Å². The van der Waals surface area contributed by atoms with E-state index in [0.29, 0.717) is 0 Å². The SMILES string of the molecule is C/C=C(\C)C(C)C.C=CC.Cc1ccc(C#N)cc1. The van der Waals surface area contributed by atoms with Crippen LogP contribution < -0.4 is 0 Å². The van der Waals surface area contributed by atoms with Crippen LogP contribution in [-0.4, -0.2) is 0 Å². The Morgan fingerprint density at radius 2 is 1.63 bits per heavy atom. The zero-order chi connectivity index (χ0) is 15.3. The minimum atomic E-state index is 0.723. The van der Waals surface area contributed by atoms with Gasteiger partial charge in [-0.15, -0.1) is 6.58 Å². The standard InChI is InChI=1S/C8H7N.C7H14.C3H6/c1-7-2-4-8(6-9)5-3-7;1-5-7(4)6(2)3;1-3-2/h2-5H,1H3;5-6H,1-4H3;3H,1H2,2H3/b;7-5+;. The molecule has 0 atom stereocenters. The van der Waals surface area contributed by atoms with E-state index in [-0.39, 0.29) is 0 Å². The number of aryl methyl sites for hydroxylation is 1. The first-order chi connectivity index (χ1) is 8.92. The molecule has 0 aliphatic heterocycles. The molecule has 0 bridgehead atoms. The molecule has 1 heteroatoms. The third-order valence-electron chi connectivity index (χ3n) is 2.55. The molecule has 0 aliphatic rings. The Morgan fingerprint density at radius 1 is 1.21 bits per heavy atom. The quantitative estimate of drug-likeness (QED) is 0.595. The second-order valence-corrected chi connectivity index (χ2v) is 4.57. The fraction of sp³-hybridized carbons (Fsp3) is 0.389.